The van der Waals surface area contributed by atoms with Gasteiger partial charge in [-0.3, -0.25) is 4.57 Å². The average molecular weight is 238 g/mol. The molecule has 0 N–H and O–H groups in total. The van der Waals surface area contributed by atoms with Gasteiger partial charge in [0.05, 0.1) is 11.0 Å². The third-order valence-corrected chi connectivity index (χ3v) is 3.03. The largest absolute Gasteiger partial charge is 0.280 e. The summed E-state index contributed by atoms with van der Waals surface area (Å²) in [5.41, 5.74) is 3.11. The van der Waals surface area contributed by atoms with E-state index in [1.807, 2.05) is 31.2 Å². The van der Waals surface area contributed by atoms with Crippen molar-refractivity contribution in [1.29, 1.82) is 0 Å². The molecule has 0 saturated heterocycles. The molecule has 0 aliphatic rings. The molecule has 0 bridgehead atoms. The molecular formula is C14H14N4. The molecule has 0 amide bonds. The highest BCUT2D eigenvalue weighted by molar-refractivity contribution is 5.77. The van der Waals surface area contributed by atoms with Crippen LogP contribution in [0.2, 0.25) is 0 Å². The van der Waals surface area contributed by atoms with Gasteiger partial charge >= 0.3 is 0 Å². The number of imidazole rings is 1. The summed E-state index contributed by atoms with van der Waals surface area (Å²) in [5, 5.41) is 0. The number of aromatic nitrogens is 4. The number of benzene rings is 1. The molecule has 0 aliphatic heterocycles. The van der Waals surface area contributed by atoms with Gasteiger partial charge in [0, 0.05) is 11.8 Å². The summed E-state index contributed by atoms with van der Waals surface area (Å²) in [4.78, 5) is 13.1. The SMILES string of the molecule is CCc1cc(-n2c(C)nc3ccccc32)ncn1. The zero-order valence-corrected chi connectivity index (χ0v) is 10.5. The highest BCUT2D eigenvalue weighted by Crippen LogP contribution is 2.19. The van der Waals surface area contributed by atoms with Gasteiger partial charge in [-0.2, -0.15) is 0 Å². The molecule has 2 aromatic heterocycles. The quantitative estimate of drug-likeness (QED) is 0.689. The van der Waals surface area contributed by atoms with Gasteiger partial charge in [0.2, 0.25) is 0 Å². The maximum Gasteiger partial charge on any atom is 0.142 e. The Hall–Kier alpha value is -2.23. The Kier molecular flexibility index (Phi) is 2.55. The zero-order chi connectivity index (χ0) is 12.5. The molecule has 2 heterocycles. The van der Waals surface area contributed by atoms with Crippen LogP contribution in [0.1, 0.15) is 18.4 Å². The van der Waals surface area contributed by atoms with Gasteiger partial charge in [-0.25, -0.2) is 15.0 Å². The van der Waals surface area contributed by atoms with Crippen molar-refractivity contribution in [2.24, 2.45) is 0 Å². The first kappa shape index (κ1) is 10.9. The fraction of sp³-hybridized carbons (Fsp3) is 0.214. The molecule has 3 rings (SSSR count). The highest BCUT2D eigenvalue weighted by atomic mass is 15.1. The van der Waals surface area contributed by atoms with Crippen molar-refractivity contribution in [3.05, 3.63) is 48.2 Å². The fourth-order valence-electron chi connectivity index (χ4n) is 2.14. The third-order valence-electron chi connectivity index (χ3n) is 3.03. The maximum absolute atomic E-state index is 4.55. The van der Waals surface area contributed by atoms with Crippen LogP contribution in [0.4, 0.5) is 0 Å². The van der Waals surface area contributed by atoms with E-state index in [-0.39, 0.29) is 0 Å². The lowest BCUT2D eigenvalue weighted by Crippen LogP contribution is -2.02. The second-order valence-electron chi connectivity index (χ2n) is 4.20. The minimum absolute atomic E-state index is 0.882. The number of aryl methyl sites for hydroxylation is 2. The molecule has 0 unspecified atom stereocenters. The smallest absolute Gasteiger partial charge is 0.142 e. The van der Waals surface area contributed by atoms with Crippen molar-refractivity contribution < 1.29 is 0 Å². The van der Waals surface area contributed by atoms with Crippen LogP contribution in [0.5, 0.6) is 0 Å². The van der Waals surface area contributed by atoms with E-state index in [9.17, 15) is 0 Å². The van der Waals surface area contributed by atoms with E-state index in [4.69, 9.17) is 0 Å². The third kappa shape index (κ3) is 1.66. The number of fused-ring (bicyclic) bond motifs is 1. The van der Waals surface area contributed by atoms with Crippen molar-refractivity contribution in [3.63, 3.8) is 0 Å². The van der Waals surface area contributed by atoms with Crippen molar-refractivity contribution in [2.45, 2.75) is 20.3 Å². The number of rotatable bonds is 2. The van der Waals surface area contributed by atoms with E-state index < -0.39 is 0 Å². The first-order chi connectivity index (χ1) is 8.79. The predicted octanol–water partition coefficient (Wildman–Crippen LogP) is 2.69. The van der Waals surface area contributed by atoms with Crippen LogP contribution >= 0.6 is 0 Å². The Balaban J connectivity index is 2.27. The molecule has 0 fully saturated rings. The van der Waals surface area contributed by atoms with Gasteiger partial charge in [0.25, 0.3) is 0 Å². The average Bonchev–Trinajstić information content (AvgIpc) is 2.74. The molecule has 4 heteroatoms. The molecule has 4 nitrogen and oxygen atoms in total. The second-order valence-corrected chi connectivity index (χ2v) is 4.20. The lowest BCUT2D eigenvalue weighted by molar-refractivity contribution is 0.912. The molecule has 3 aromatic rings. The minimum Gasteiger partial charge on any atom is -0.280 e. The molecule has 1 aromatic carbocycles. The van der Waals surface area contributed by atoms with Gasteiger partial charge in [0.1, 0.15) is 18.0 Å². The standard InChI is InChI=1S/C14H14N4/c1-3-11-8-14(16-9-15-11)18-10(2)17-12-6-4-5-7-13(12)18/h4-9H,3H2,1-2H3. The molecule has 0 saturated carbocycles. The Morgan fingerprint density at radius 3 is 2.83 bits per heavy atom. The summed E-state index contributed by atoms with van der Waals surface area (Å²) in [7, 11) is 0. The van der Waals surface area contributed by atoms with E-state index in [0.29, 0.717) is 0 Å². The molecular weight excluding hydrogens is 224 g/mol. The Bertz CT molecular complexity index is 700. The Morgan fingerprint density at radius 2 is 2.00 bits per heavy atom. The number of hydrogen-bond acceptors (Lipinski definition) is 3. The van der Waals surface area contributed by atoms with Gasteiger partial charge in [0.15, 0.2) is 0 Å². The lowest BCUT2D eigenvalue weighted by atomic mass is 10.3. The zero-order valence-electron chi connectivity index (χ0n) is 10.5. The van der Waals surface area contributed by atoms with Crippen LogP contribution in [0.3, 0.4) is 0 Å². The summed E-state index contributed by atoms with van der Waals surface area (Å²) in [6.45, 7) is 4.08. The first-order valence-corrected chi connectivity index (χ1v) is 6.05. The van der Waals surface area contributed by atoms with Crippen LogP contribution in [-0.4, -0.2) is 19.5 Å². The minimum atomic E-state index is 0.882. The molecule has 90 valence electrons. The first-order valence-electron chi connectivity index (χ1n) is 6.05. The summed E-state index contributed by atoms with van der Waals surface area (Å²) >= 11 is 0. The maximum atomic E-state index is 4.55. The highest BCUT2D eigenvalue weighted by Gasteiger charge is 2.09. The molecule has 0 atom stereocenters. The van der Waals surface area contributed by atoms with Crippen LogP contribution < -0.4 is 0 Å². The summed E-state index contributed by atoms with van der Waals surface area (Å²) < 4.78 is 2.07. The van der Waals surface area contributed by atoms with E-state index in [1.54, 1.807) is 6.33 Å². The van der Waals surface area contributed by atoms with E-state index in [0.717, 1.165) is 34.8 Å². The molecule has 0 radical (unpaired) electrons. The van der Waals surface area contributed by atoms with Gasteiger partial charge < -0.3 is 0 Å². The van der Waals surface area contributed by atoms with Crippen molar-refractivity contribution in [3.8, 4) is 5.82 Å². The summed E-state index contributed by atoms with van der Waals surface area (Å²) in [6, 6.07) is 10.1. The van der Waals surface area contributed by atoms with Crippen molar-refractivity contribution in [1.82, 2.24) is 19.5 Å². The number of para-hydroxylation sites is 2. The monoisotopic (exact) mass is 238 g/mol. The van der Waals surface area contributed by atoms with Crippen LogP contribution in [0.15, 0.2) is 36.7 Å². The van der Waals surface area contributed by atoms with E-state index >= 15 is 0 Å². The second kappa shape index (κ2) is 4.22. The Morgan fingerprint density at radius 1 is 1.17 bits per heavy atom. The Labute approximate surface area is 105 Å². The normalized spacial score (nSPS) is 11.0. The fourth-order valence-corrected chi connectivity index (χ4v) is 2.14. The topological polar surface area (TPSA) is 43.6 Å². The number of nitrogens with zero attached hydrogens (tertiary/aromatic N) is 4. The van der Waals surface area contributed by atoms with E-state index in [1.165, 1.54) is 0 Å². The molecule has 18 heavy (non-hydrogen) atoms. The van der Waals surface area contributed by atoms with Crippen molar-refractivity contribution >= 4 is 11.0 Å². The van der Waals surface area contributed by atoms with Crippen molar-refractivity contribution in [2.75, 3.05) is 0 Å². The van der Waals surface area contributed by atoms with Crippen LogP contribution in [0.25, 0.3) is 16.9 Å². The van der Waals surface area contributed by atoms with Gasteiger partial charge in [-0.05, 0) is 25.5 Å². The molecule has 0 spiro atoms. The predicted molar refractivity (Wildman–Crippen MR) is 70.8 cm³/mol. The summed E-state index contributed by atoms with van der Waals surface area (Å²) in [6.07, 6.45) is 2.52. The van der Waals surface area contributed by atoms with E-state index in [2.05, 4.69) is 32.5 Å². The number of hydrogen-bond donors (Lipinski definition) is 0. The van der Waals surface area contributed by atoms with Gasteiger partial charge in [-0.15, -0.1) is 0 Å². The summed E-state index contributed by atoms with van der Waals surface area (Å²) in [5.74, 6) is 1.82. The van der Waals surface area contributed by atoms with Crippen LogP contribution in [0, 0.1) is 6.92 Å². The van der Waals surface area contributed by atoms with Gasteiger partial charge in [-0.1, -0.05) is 19.1 Å². The van der Waals surface area contributed by atoms with Crippen LogP contribution in [-0.2, 0) is 6.42 Å². The molecule has 0 aliphatic carbocycles. The lowest BCUT2D eigenvalue weighted by Gasteiger charge is -2.06.